The number of nitrogens with zero attached hydrogens (tertiary/aromatic N) is 5. The molecule has 1 aliphatic heterocycles. The number of tetrazole rings is 1. The van der Waals surface area contributed by atoms with Gasteiger partial charge in [-0.15, -0.1) is 5.10 Å². The van der Waals surface area contributed by atoms with Gasteiger partial charge in [0.1, 0.15) is 12.2 Å². The van der Waals surface area contributed by atoms with Gasteiger partial charge in [0, 0.05) is 34.5 Å². The normalized spacial score (nSPS) is 15.5. The van der Waals surface area contributed by atoms with Crippen LogP contribution in [-0.4, -0.2) is 61.7 Å². The summed E-state index contributed by atoms with van der Waals surface area (Å²) in [4.78, 5) is 45.7. The Kier molecular flexibility index (Phi) is 8.87. The fourth-order valence-corrected chi connectivity index (χ4v) is 4.79. The van der Waals surface area contributed by atoms with Crippen molar-refractivity contribution in [2.45, 2.75) is 31.7 Å². The second-order valence-electron chi connectivity index (χ2n) is 9.52. The maximum atomic E-state index is 13.1. The van der Waals surface area contributed by atoms with E-state index in [9.17, 15) is 14.4 Å². The zero-order valence-electron chi connectivity index (χ0n) is 22.6. The monoisotopic (exact) mass is 589 g/mol. The molecule has 0 unspecified atom stereocenters. The van der Waals surface area contributed by atoms with Crippen LogP contribution in [0, 0.1) is 0 Å². The molecular weight excluding hydrogens is 562 g/mol. The van der Waals surface area contributed by atoms with Gasteiger partial charge in [0.25, 0.3) is 5.91 Å². The van der Waals surface area contributed by atoms with Crippen LogP contribution in [0.25, 0.3) is 23.0 Å². The number of aromatic amines is 1. The molecule has 0 saturated heterocycles. The lowest BCUT2D eigenvalue weighted by molar-refractivity contribution is -0.117. The molecular formula is C28H28ClN9O4. The quantitative estimate of drug-likeness (QED) is 0.253. The second-order valence-corrected chi connectivity index (χ2v) is 9.95. The Bertz CT molecular complexity index is 1620. The molecule has 0 fully saturated rings. The lowest BCUT2D eigenvalue weighted by Crippen LogP contribution is -2.28. The van der Waals surface area contributed by atoms with Crippen LogP contribution in [-0.2, 0) is 9.53 Å². The van der Waals surface area contributed by atoms with Crippen molar-refractivity contribution in [3.8, 4) is 16.9 Å². The number of nitrogens with one attached hydrogen (secondary N) is 4. The van der Waals surface area contributed by atoms with E-state index in [0.717, 1.165) is 19.3 Å². The molecule has 42 heavy (non-hydrogen) atoms. The number of hydrogen-bond donors (Lipinski definition) is 4. The highest BCUT2D eigenvalue weighted by Gasteiger charge is 2.21. The Balaban J connectivity index is 1.39. The highest BCUT2D eigenvalue weighted by atomic mass is 35.5. The summed E-state index contributed by atoms with van der Waals surface area (Å²) >= 11 is 6.20. The van der Waals surface area contributed by atoms with Gasteiger partial charge in [-0.2, -0.15) is 4.68 Å². The number of carbonyl (C=O) groups excluding carboxylic acids is 3. The van der Waals surface area contributed by atoms with E-state index in [1.54, 1.807) is 48.7 Å². The van der Waals surface area contributed by atoms with Crippen molar-refractivity contribution in [1.29, 1.82) is 0 Å². The number of anilines is 1. The Morgan fingerprint density at radius 2 is 2.02 bits per heavy atom. The predicted molar refractivity (Wildman–Crippen MR) is 155 cm³/mol. The Labute approximate surface area is 245 Å². The van der Waals surface area contributed by atoms with Crippen molar-refractivity contribution in [3.05, 3.63) is 77.0 Å². The van der Waals surface area contributed by atoms with E-state index in [1.807, 2.05) is 0 Å². The minimum absolute atomic E-state index is 0.272. The minimum Gasteiger partial charge on any atom is -0.453 e. The van der Waals surface area contributed by atoms with E-state index in [0.29, 0.717) is 57.6 Å². The molecule has 14 heteroatoms. The molecule has 3 heterocycles. The molecule has 13 nitrogen and oxygen atoms in total. The third-order valence-electron chi connectivity index (χ3n) is 6.68. The molecule has 5 rings (SSSR count). The summed E-state index contributed by atoms with van der Waals surface area (Å²) in [5.41, 5.74) is 3.30. The number of hydrogen-bond acceptors (Lipinski definition) is 8. The summed E-state index contributed by atoms with van der Waals surface area (Å²) < 4.78 is 6.15. The van der Waals surface area contributed by atoms with Crippen LogP contribution in [0.4, 0.5) is 10.5 Å². The molecule has 0 aliphatic carbocycles. The third-order valence-corrected chi connectivity index (χ3v) is 6.92. The lowest BCUT2D eigenvalue weighted by Gasteiger charge is -2.16. The summed E-state index contributed by atoms with van der Waals surface area (Å²) in [5, 5.41) is 20.3. The summed E-state index contributed by atoms with van der Waals surface area (Å²) in [6, 6.07) is 9.79. The van der Waals surface area contributed by atoms with Gasteiger partial charge in [-0.1, -0.05) is 24.4 Å². The maximum absolute atomic E-state index is 13.1. The van der Waals surface area contributed by atoms with Crippen LogP contribution in [0.15, 0.2) is 55.0 Å². The van der Waals surface area contributed by atoms with Crippen LogP contribution in [0.2, 0.25) is 5.02 Å². The first kappa shape index (κ1) is 28.5. The average molecular weight is 590 g/mol. The molecule has 4 aromatic rings. The van der Waals surface area contributed by atoms with Gasteiger partial charge in [0.05, 0.1) is 36.3 Å². The van der Waals surface area contributed by atoms with E-state index in [-0.39, 0.29) is 11.8 Å². The van der Waals surface area contributed by atoms with Crippen molar-refractivity contribution in [1.82, 2.24) is 40.8 Å². The standard InChI is InChI=1S/C28H28ClN9O4/c1-42-28(41)33-19-8-9-20-21(14-19)27(40)30-12-4-2-3-5-22(26-31-15-23(20)35-26)34-25(39)11-6-17-13-18(29)7-10-24(17)38-16-32-36-37-38/h6-11,13-16,22H,2-5,12H2,1H3,(H,30,40)(H,31,35)(H,33,41)(H,34,39)/b11-6+/t22-/m0/s1. The van der Waals surface area contributed by atoms with Crippen molar-refractivity contribution in [2.24, 2.45) is 0 Å². The number of H-pyrrole nitrogens is 1. The number of methoxy groups -OCH3 is 1. The van der Waals surface area contributed by atoms with E-state index in [4.69, 9.17) is 11.6 Å². The lowest BCUT2D eigenvalue weighted by atomic mass is 10.0. The number of amides is 3. The highest BCUT2D eigenvalue weighted by molar-refractivity contribution is 6.30. The topological polar surface area (TPSA) is 169 Å². The molecule has 4 N–H and O–H groups in total. The molecule has 3 amide bonds. The number of benzene rings is 2. The summed E-state index contributed by atoms with van der Waals surface area (Å²) in [5.74, 6) is -0.0297. The number of ether oxygens (including phenoxy) is 1. The van der Waals surface area contributed by atoms with Crippen molar-refractivity contribution in [3.63, 3.8) is 0 Å². The van der Waals surface area contributed by atoms with Gasteiger partial charge in [-0.05, 0) is 65.7 Å². The molecule has 2 aromatic heterocycles. The predicted octanol–water partition coefficient (Wildman–Crippen LogP) is 4.06. The van der Waals surface area contributed by atoms with Crippen LogP contribution in [0.1, 0.15) is 53.5 Å². The van der Waals surface area contributed by atoms with Crippen molar-refractivity contribution >= 4 is 41.3 Å². The summed E-state index contributed by atoms with van der Waals surface area (Å²) in [6.07, 6.45) is 8.57. The average Bonchev–Trinajstić information content (AvgIpc) is 3.70. The zero-order chi connectivity index (χ0) is 29.5. The molecule has 216 valence electrons. The highest BCUT2D eigenvalue weighted by Crippen LogP contribution is 2.28. The van der Waals surface area contributed by atoms with E-state index in [2.05, 4.69) is 46.2 Å². The van der Waals surface area contributed by atoms with Crippen molar-refractivity contribution < 1.29 is 19.1 Å². The number of halogens is 1. The van der Waals surface area contributed by atoms with Crippen molar-refractivity contribution in [2.75, 3.05) is 19.0 Å². The molecule has 0 spiro atoms. The molecule has 0 radical (unpaired) electrons. The summed E-state index contributed by atoms with van der Waals surface area (Å²) in [6.45, 7) is 0.489. The first-order valence-corrected chi connectivity index (χ1v) is 13.6. The first-order chi connectivity index (χ1) is 20.4. The smallest absolute Gasteiger partial charge is 0.411 e. The first-order valence-electron chi connectivity index (χ1n) is 13.3. The minimum atomic E-state index is -0.640. The SMILES string of the molecule is COC(=O)Nc1ccc2c(c1)C(=O)NCCCCC[C@H](NC(=O)/C=C/c1cc(Cl)ccc1-n1cnnn1)c1ncc-2[nH]1. The third kappa shape index (κ3) is 6.81. The van der Waals surface area contributed by atoms with Gasteiger partial charge >= 0.3 is 6.09 Å². The number of carbonyl (C=O) groups is 3. The molecule has 1 atom stereocenters. The molecule has 0 saturated carbocycles. The van der Waals surface area contributed by atoms with Gasteiger partial charge in [-0.25, -0.2) is 9.78 Å². The number of fused-ring (bicyclic) bond motifs is 4. The zero-order valence-corrected chi connectivity index (χ0v) is 23.4. The molecule has 2 aromatic carbocycles. The Morgan fingerprint density at radius 1 is 1.14 bits per heavy atom. The molecule has 1 aliphatic rings. The van der Waals surface area contributed by atoms with E-state index >= 15 is 0 Å². The summed E-state index contributed by atoms with van der Waals surface area (Å²) in [7, 11) is 1.27. The fraction of sp³-hybridized carbons (Fsp3) is 0.250. The van der Waals surface area contributed by atoms with Crippen LogP contribution in [0.3, 0.4) is 0 Å². The maximum Gasteiger partial charge on any atom is 0.411 e. The van der Waals surface area contributed by atoms with Crippen LogP contribution >= 0.6 is 11.6 Å². The Morgan fingerprint density at radius 3 is 2.83 bits per heavy atom. The van der Waals surface area contributed by atoms with Crippen LogP contribution in [0.5, 0.6) is 0 Å². The second kappa shape index (κ2) is 13.1. The fourth-order valence-electron chi connectivity index (χ4n) is 4.61. The van der Waals surface area contributed by atoms with E-state index in [1.165, 1.54) is 24.2 Å². The largest absolute Gasteiger partial charge is 0.453 e. The van der Waals surface area contributed by atoms with E-state index < -0.39 is 12.1 Å². The number of rotatable bonds is 5. The van der Waals surface area contributed by atoms with Gasteiger partial charge in [-0.3, -0.25) is 14.9 Å². The Hall–Kier alpha value is -5.04. The van der Waals surface area contributed by atoms with Gasteiger partial charge < -0.3 is 20.4 Å². The van der Waals surface area contributed by atoms with Crippen LogP contribution < -0.4 is 16.0 Å². The van der Waals surface area contributed by atoms with Gasteiger partial charge in [0.15, 0.2) is 0 Å². The van der Waals surface area contributed by atoms with Gasteiger partial charge in [0.2, 0.25) is 5.91 Å². The number of imidazole rings is 1. The number of aromatic nitrogens is 6. The molecule has 2 bridgehead atoms.